The first-order chi connectivity index (χ1) is 10.6. The van der Waals surface area contributed by atoms with Crippen molar-refractivity contribution in [3.05, 3.63) is 41.9 Å². The normalized spacial score (nSPS) is 16.4. The second-order valence-corrected chi connectivity index (χ2v) is 4.64. The molecule has 1 aromatic carbocycles. The average molecular weight is 302 g/mol. The lowest BCUT2D eigenvalue weighted by atomic mass is 10.0. The van der Waals surface area contributed by atoms with E-state index in [1.807, 2.05) is 6.92 Å². The molecule has 0 saturated carbocycles. The Bertz CT molecular complexity index is 753. The van der Waals surface area contributed by atoms with E-state index in [9.17, 15) is 15.0 Å². The Labute approximate surface area is 125 Å². The predicted molar refractivity (Wildman–Crippen MR) is 76.8 cm³/mol. The summed E-state index contributed by atoms with van der Waals surface area (Å²) in [5.74, 6) is -0.370. The van der Waals surface area contributed by atoms with Crippen molar-refractivity contribution in [3.8, 4) is 11.5 Å². The van der Waals surface area contributed by atoms with Crippen LogP contribution in [0.1, 0.15) is 18.5 Å². The number of phenols is 1. The molecule has 114 valence electrons. The van der Waals surface area contributed by atoms with Crippen LogP contribution in [-0.2, 0) is 4.79 Å². The number of fused-ring (bicyclic) bond motifs is 1. The number of carboxylic acids is 1. The van der Waals surface area contributed by atoms with Crippen molar-refractivity contribution in [2.45, 2.75) is 13.0 Å². The number of hydrogen-bond acceptors (Lipinski definition) is 6. The fourth-order valence-electron chi connectivity index (χ4n) is 2.28. The van der Waals surface area contributed by atoms with E-state index in [4.69, 9.17) is 4.74 Å². The minimum Gasteiger partial charge on any atom is -0.504 e. The fourth-order valence-corrected chi connectivity index (χ4v) is 2.28. The van der Waals surface area contributed by atoms with E-state index in [2.05, 4.69) is 15.4 Å². The quantitative estimate of drug-likeness (QED) is 0.782. The number of nitrogens with zero attached hydrogens (tertiary/aromatic N) is 3. The van der Waals surface area contributed by atoms with Crippen LogP contribution in [-0.4, -0.2) is 37.6 Å². The summed E-state index contributed by atoms with van der Waals surface area (Å²) in [5.41, 5.74) is 0.754. The number of carboxylic acid groups (broad SMARTS) is 1. The van der Waals surface area contributed by atoms with Crippen molar-refractivity contribution < 1.29 is 19.7 Å². The van der Waals surface area contributed by atoms with Gasteiger partial charge in [0.05, 0.1) is 6.61 Å². The van der Waals surface area contributed by atoms with E-state index in [0.29, 0.717) is 18.3 Å². The van der Waals surface area contributed by atoms with Gasteiger partial charge in [0.25, 0.3) is 0 Å². The zero-order valence-electron chi connectivity index (χ0n) is 11.7. The molecule has 8 nitrogen and oxygen atoms in total. The number of aliphatic carboxylic acids is 1. The molecule has 1 aliphatic rings. The van der Waals surface area contributed by atoms with E-state index in [1.54, 1.807) is 16.8 Å². The Balaban J connectivity index is 2.07. The first-order valence-electron chi connectivity index (χ1n) is 6.67. The number of anilines is 1. The lowest BCUT2D eigenvalue weighted by Gasteiger charge is -2.23. The molecular weight excluding hydrogens is 288 g/mol. The number of benzene rings is 1. The molecule has 0 unspecified atom stereocenters. The minimum atomic E-state index is -1.08. The van der Waals surface area contributed by atoms with Crippen LogP contribution in [0.4, 0.5) is 5.95 Å². The number of aromatic hydroxyl groups is 1. The van der Waals surface area contributed by atoms with Gasteiger partial charge in [0.2, 0.25) is 5.95 Å². The van der Waals surface area contributed by atoms with Crippen molar-refractivity contribution in [2.24, 2.45) is 0 Å². The molecule has 1 aliphatic heterocycles. The van der Waals surface area contributed by atoms with Gasteiger partial charge in [-0.3, -0.25) is 0 Å². The summed E-state index contributed by atoms with van der Waals surface area (Å²) >= 11 is 0. The molecule has 0 radical (unpaired) electrons. The molecule has 2 heterocycles. The summed E-state index contributed by atoms with van der Waals surface area (Å²) in [7, 11) is 0. The van der Waals surface area contributed by atoms with Gasteiger partial charge in [0.15, 0.2) is 11.5 Å². The highest BCUT2D eigenvalue weighted by Gasteiger charge is 2.26. The van der Waals surface area contributed by atoms with Crippen molar-refractivity contribution >= 4 is 11.9 Å². The van der Waals surface area contributed by atoms with Crippen molar-refractivity contribution in [2.75, 3.05) is 11.9 Å². The largest absolute Gasteiger partial charge is 0.504 e. The SMILES string of the molecule is CCOc1cc([C@H]2C=C(C(=O)O)Nc3ncnn32)ccc1O. The van der Waals surface area contributed by atoms with Gasteiger partial charge in [-0.1, -0.05) is 6.07 Å². The van der Waals surface area contributed by atoms with Gasteiger partial charge in [0.1, 0.15) is 18.1 Å². The van der Waals surface area contributed by atoms with Gasteiger partial charge < -0.3 is 20.3 Å². The summed E-state index contributed by atoms with van der Waals surface area (Å²) in [6, 6.07) is 4.41. The highest BCUT2D eigenvalue weighted by Crippen LogP contribution is 2.34. The van der Waals surface area contributed by atoms with Crippen LogP contribution in [0, 0.1) is 0 Å². The molecule has 0 aliphatic carbocycles. The van der Waals surface area contributed by atoms with E-state index in [0.717, 1.165) is 5.56 Å². The first kappa shape index (κ1) is 13.9. The highest BCUT2D eigenvalue weighted by atomic mass is 16.5. The molecular formula is C14H14N4O4. The zero-order valence-corrected chi connectivity index (χ0v) is 11.7. The average Bonchev–Trinajstić information content (AvgIpc) is 2.97. The Morgan fingerprint density at radius 1 is 1.50 bits per heavy atom. The molecule has 0 saturated heterocycles. The van der Waals surface area contributed by atoms with Gasteiger partial charge in [-0.25, -0.2) is 9.48 Å². The maximum absolute atomic E-state index is 11.2. The number of carbonyl (C=O) groups is 1. The summed E-state index contributed by atoms with van der Waals surface area (Å²) in [5, 5.41) is 25.8. The number of phenolic OH excluding ortho intramolecular Hbond substituents is 1. The highest BCUT2D eigenvalue weighted by molar-refractivity contribution is 5.90. The number of aromatic nitrogens is 3. The number of ether oxygens (including phenoxy) is 1. The number of rotatable bonds is 4. The van der Waals surface area contributed by atoms with Crippen LogP contribution in [0.15, 0.2) is 36.3 Å². The summed E-state index contributed by atoms with van der Waals surface area (Å²) < 4.78 is 6.93. The van der Waals surface area contributed by atoms with Crippen LogP contribution in [0.5, 0.6) is 11.5 Å². The van der Waals surface area contributed by atoms with Crippen molar-refractivity contribution in [3.63, 3.8) is 0 Å². The predicted octanol–water partition coefficient (Wildman–Crippen LogP) is 1.37. The molecule has 0 spiro atoms. The lowest BCUT2D eigenvalue weighted by Crippen LogP contribution is -2.24. The summed E-state index contributed by atoms with van der Waals surface area (Å²) in [6.07, 6.45) is 2.88. The van der Waals surface area contributed by atoms with Gasteiger partial charge in [-0.05, 0) is 30.7 Å². The second-order valence-electron chi connectivity index (χ2n) is 4.64. The summed E-state index contributed by atoms with van der Waals surface area (Å²) in [4.78, 5) is 15.2. The Morgan fingerprint density at radius 2 is 2.32 bits per heavy atom. The van der Waals surface area contributed by atoms with E-state index < -0.39 is 12.0 Å². The van der Waals surface area contributed by atoms with Gasteiger partial charge in [-0.2, -0.15) is 10.1 Å². The molecule has 0 fully saturated rings. The second kappa shape index (κ2) is 5.40. The summed E-state index contributed by atoms with van der Waals surface area (Å²) in [6.45, 7) is 2.22. The van der Waals surface area contributed by atoms with Crippen molar-refractivity contribution in [1.29, 1.82) is 0 Å². The van der Waals surface area contributed by atoms with Crippen LogP contribution in [0.2, 0.25) is 0 Å². The third kappa shape index (κ3) is 2.34. The van der Waals surface area contributed by atoms with Gasteiger partial charge >= 0.3 is 5.97 Å². The monoisotopic (exact) mass is 302 g/mol. The van der Waals surface area contributed by atoms with Crippen LogP contribution >= 0.6 is 0 Å². The Morgan fingerprint density at radius 3 is 3.05 bits per heavy atom. The van der Waals surface area contributed by atoms with Crippen LogP contribution < -0.4 is 10.1 Å². The molecule has 1 atom stereocenters. The Hall–Kier alpha value is -3.03. The molecule has 1 aromatic heterocycles. The van der Waals surface area contributed by atoms with E-state index >= 15 is 0 Å². The molecule has 2 aromatic rings. The zero-order chi connectivity index (χ0) is 15.7. The van der Waals surface area contributed by atoms with Crippen molar-refractivity contribution in [1.82, 2.24) is 14.8 Å². The standard InChI is InChI=1S/C14H14N4O4/c1-2-22-12-5-8(3-4-11(12)19)10-6-9(13(20)21)17-14-15-7-16-18(10)14/h3-7,10,19H,2H2,1H3,(H,20,21)(H,15,16,17)/t10-/m1/s1. The van der Waals surface area contributed by atoms with Gasteiger partial charge in [0, 0.05) is 0 Å². The molecule has 3 N–H and O–H groups in total. The van der Waals surface area contributed by atoms with Gasteiger partial charge in [-0.15, -0.1) is 0 Å². The molecule has 0 amide bonds. The molecule has 8 heteroatoms. The fraction of sp³-hybridized carbons (Fsp3) is 0.214. The maximum Gasteiger partial charge on any atom is 0.352 e. The topological polar surface area (TPSA) is 110 Å². The molecule has 0 bridgehead atoms. The number of allylic oxidation sites excluding steroid dienone is 1. The minimum absolute atomic E-state index is 0.0246. The van der Waals surface area contributed by atoms with E-state index in [-0.39, 0.29) is 11.4 Å². The smallest absolute Gasteiger partial charge is 0.352 e. The maximum atomic E-state index is 11.2. The number of hydrogen-bond donors (Lipinski definition) is 3. The first-order valence-corrected chi connectivity index (χ1v) is 6.67. The Kier molecular flexibility index (Phi) is 3.42. The van der Waals surface area contributed by atoms with Crippen LogP contribution in [0.3, 0.4) is 0 Å². The van der Waals surface area contributed by atoms with E-state index in [1.165, 1.54) is 18.5 Å². The number of nitrogens with one attached hydrogen (secondary N) is 1. The van der Waals surface area contributed by atoms with Crippen LogP contribution in [0.25, 0.3) is 0 Å². The molecule has 22 heavy (non-hydrogen) atoms. The third-order valence-electron chi connectivity index (χ3n) is 3.26. The molecule has 3 rings (SSSR count). The third-order valence-corrected chi connectivity index (χ3v) is 3.26. The lowest BCUT2D eigenvalue weighted by molar-refractivity contribution is -0.132.